The standard InChI is InChI=1S/C29H24ClNO4/c1-28(2,3)27(34)24-23(21-9-6-14-35-21)29(25(32)18-7-4-5-8-19(18)26(29)33)22-13-10-16-15-17(30)11-12-20(16)31(22)24/h4-15,22-24H,1-3H3/t22-,23+,24-/m0/s1. The van der Waals surface area contributed by atoms with E-state index in [4.69, 9.17) is 16.0 Å². The Morgan fingerprint density at radius 3 is 2.29 bits per heavy atom. The molecule has 5 nitrogen and oxygen atoms in total. The highest BCUT2D eigenvalue weighted by molar-refractivity contribution is 6.32. The van der Waals surface area contributed by atoms with E-state index in [1.807, 2.05) is 50.0 Å². The molecule has 1 spiro atoms. The molecule has 1 fully saturated rings. The highest BCUT2D eigenvalue weighted by Crippen LogP contribution is 2.61. The zero-order chi connectivity index (χ0) is 24.7. The number of benzene rings is 2. The van der Waals surface area contributed by atoms with Crippen molar-refractivity contribution in [3.63, 3.8) is 0 Å². The van der Waals surface area contributed by atoms with Crippen molar-refractivity contribution in [2.24, 2.45) is 10.8 Å². The molecule has 6 rings (SSSR count). The van der Waals surface area contributed by atoms with Crippen molar-refractivity contribution in [2.45, 2.75) is 38.8 Å². The second-order valence-corrected chi connectivity index (χ2v) is 11.0. The summed E-state index contributed by atoms with van der Waals surface area (Å²) in [5, 5.41) is 0.572. The van der Waals surface area contributed by atoms with Gasteiger partial charge in [-0.05, 0) is 35.9 Å². The van der Waals surface area contributed by atoms with Crippen LogP contribution in [0.2, 0.25) is 5.02 Å². The molecule has 0 radical (unpaired) electrons. The molecular formula is C29H24ClNO4. The summed E-state index contributed by atoms with van der Waals surface area (Å²) in [6.45, 7) is 5.60. The first kappa shape index (κ1) is 22.1. The minimum atomic E-state index is -1.53. The van der Waals surface area contributed by atoms with Crippen molar-refractivity contribution in [1.29, 1.82) is 0 Å². The summed E-state index contributed by atoms with van der Waals surface area (Å²) < 4.78 is 5.88. The Morgan fingerprint density at radius 2 is 1.69 bits per heavy atom. The molecule has 1 aromatic heterocycles. The van der Waals surface area contributed by atoms with E-state index >= 15 is 0 Å². The van der Waals surface area contributed by atoms with Crippen LogP contribution in [-0.2, 0) is 4.79 Å². The molecule has 3 aliphatic rings. The van der Waals surface area contributed by atoms with Crippen LogP contribution in [0.15, 0.2) is 71.4 Å². The average Bonchev–Trinajstić information content (AvgIpc) is 3.51. The first-order chi connectivity index (χ1) is 16.7. The van der Waals surface area contributed by atoms with Gasteiger partial charge in [0.25, 0.3) is 0 Å². The number of Topliss-reactive ketones (excluding diaryl/α,β-unsaturated/α-hetero) is 3. The number of fused-ring (bicyclic) bond motifs is 5. The number of furan rings is 1. The molecule has 3 atom stereocenters. The van der Waals surface area contributed by atoms with Crippen LogP contribution in [0.3, 0.4) is 0 Å². The van der Waals surface area contributed by atoms with Gasteiger partial charge in [-0.2, -0.15) is 0 Å². The van der Waals surface area contributed by atoms with Crippen molar-refractivity contribution in [1.82, 2.24) is 0 Å². The lowest BCUT2D eigenvalue weighted by Crippen LogP contribution is -2.49. The zero-order valence-electron chi connectivity index (χ0n) is 19.6. The van der Waals surface area contributed by atoms with E-state index in [0.717, 1.165) is 11.3 Å². The van der Waals surface area contributed by atoms with E-state index < -0.39 is 28.8 Å². The number of ketones is 3. The normalized spacial score (nSPS) is 24.0. The Bertz CT molecular complexity index is 1390. The fourth-order valence-corrected chi connectivity index (χ4v) is 6.35. The van der Waals surface area contributed by atoms with Gasteiger partial charge in [-0.3, -0.25) is 14.4 Å². The third kappa shape index (κ3) is 2.79. The SMILES string of the molecule is CC(C)(C)C(=O)[C@@H]1[C@@H](c2ccco2)C2(C(=O)c3ccccc3C2=O)[C@@H]2C=Cc3cc(Cl)ccc3N12. The molecule has 1 aliphatic carbocycles. The summed E-state index contributed by atoms with van der Waals surface area (Å²) in [6, 6.07) is 14.5. The summed E-state index contributed by atoms with van der Waals surface area (Å²) in [7, 11) is 0. The second kappa shape index (κ2) is 7.28. The molecule has 2 aromatic carbocycles. The maximum absolute atomic E-state index is 14.3. The smallest absolute Gasteiger partial charge is 0.180 e. The van der Waals surface area contributed by atoms with E-state index in [1.165, 1.54) is 6.26 Å². The molecule has 176 valence electrons. The van der Waals surface area contributed by atoms with Crippen LogP contribution >= 0.6 is 11.6 Å². The number of hydrogen-bond acceptors (Lipinski definition) is 5. The minimum Gasteiger partial charge on any atom is -0.469 e. The molecule has 0 saturated carbocycles. The van der Waals surface area contributed by atoms with E-state index in [9.17, 15) is 14.4 Å². The van der Waals surface area contributed by atoms with Crippen molar-refractivity contribution < 1.29 is 18.8 Å². The molecule has 3 aromatic rings. The first-order valence-electron chi connectivity index (χ1n) is 11.7. The Morgan fingerprint density at radius 1 is 1.00 bits per heavy atom. The summed E-state index contributed by atoms with van der Waals surface area (Å²) in [5.41, 5.74) is 0.152. The molecule has 0 N–H and O–H groups in total. The molecular weight excluding hydrogens is 462 g/mol. The maximum atomic E-state index is 14.3. The molecule has 6 heteroatoms. The van der Waals surface area contributed by atoms with Gasteiger partial charge in [0.1, 0.15) is 17.2 Å². The molecule has 35 heavy (non-hydrogen) atoms. The number of carbonyl (C=O) groups excluding carboxylic acids is 3. The van der Waals surface area contributed by atoms with Crippen molar-refractivity contribution in [3.05, 3.63) is 94.4 Å². The Balaban J connectivity index is 1.69. The van der Waals surface area contributed by atoms with E-state index in [1.54, 1.807) is 42.5 Å². The lowest BCUT2D eigenvalue weighted by Gasteiger charge is -2.38. The highest BCUT2D eigenvalue weighted by atomic mass is 35.5. The monoisotopic (exact) mass is 485 g/mol. The van der Waals surface area contributed by atoms with Gasteiger partial charge < -0.3 is 9.32 Å². The van der Waals surface area contributed by atoms with Gasteiger partial charge in [0.2, 0.25) is 0 Å². The van der Waals surface area contributed by atoms with Gasteiger partial charge in [0.05, 0.1) is 18.2 Å². The van der Waals surface area contributed by atoms with Crippen LogP contribution in [0.5, 0.6) is 0 Å². The van der Waals surface area contributed by atoms with Gasteiger partial charge in [-0.1, -0.05) is 68.8 Å². The average molecular weight is 486 g/mol. The summed E-state index contributed by atoms with van der Waals surface area (Å²) in [4.78, 5) is 44.8. The lowest BCUT2D eigenvalue weighted by molar-refractivity contribution is -0.128. The van der Waals surface area contributed by atoms with Gasteiger partial charge in [0.15, 0.2) is 17.3 Å². The molecule has 3 heterocycles. The van der Waals surface area contributed by atoms with Crippen molar-refractivity contribution in [3.8, 4) is 0 Å². The molecule has 1 saturated heterocycles. The molecule has 0 amide bonds. The minimum absolute atomic E-state index is 0.0615. The van der Waals surface area contributed by atoms with Gasteiger partial charge >= 0.3 is 0 Å². The number of carbonyl (C=O) groups is 3. The Hall–Kier alpha value is -3.44. The van der Waals surface area contributed by atoms with Crippen LogP contribution in [-0.4, -0.2) is 29.4 Å². The predicted octanol–water partition coefficient (Wildman–Crippen LogP) is 5.98. The molecule has 0 unspecified atom stereocenters. The second-order valence-electron chi connectivity index (χ2n) is 10.5. The van der Waals surface area contributed by atoms with Gasteiger partial charge in [-0.25, -0.2) is 0 Å². The maximum Gasteiger partial charge on any atom is 0.180 e. The Kier molecular flexibility index (Phi) is 4.59. The third-order valence-corrected chi connectivity index (χ3v) is 7.86. The molecule has 2 aliphatic heterocycles. The van der Waals surface area contributed by atoms with E-state index in [0.29, 0.717) is 21.9 Å². The topological polar surface area (TPSA) is 67.6 Å². The van der Waals surface area contributed by atoms with Crippen LogP contribution in [0.25, 0.3) is 6.08 Å². The van der Waals surface area contributed by atoms with Crippen molar-refractivity contribution in [2.75, 3.05) is 4.90 Å². The number of hydrogen-bond donors (Lipinski definition) is 0. The number of nitrogens with zero attached hydrogens (tertiary/aromatic N) is 1. The summed E-state index contributed by atoms with van der Waals surface area (Å²) in [5.74, 6) is -0.927. The first-order valence-corrected chi connectivity index (χ1v) is 12.1. The fourth-order valence-electron chi connectivity index (χ4n) is 6.17. The fraction of sp³-hybridized carbons (Fsp3) is 0.276. The third-order valence-electron chi connectivity index (χ3n) is 7.62. The highest BCUT2D eigenvalue weighted by Gasteiger charge is 2.72. The van der Waals surface area contributed by atoms with E-state index in [-0.39, 0.29) is 17.3 Å². The quantitative estimate of drug-likeness (QED) is 0.417. The summed E-state index contributed by atoms with van der Waals surface area (Å²) in [6.07, 6.45) is 5.31. The predicted molar refractivity (Wildman–Crippen MR) is 134 cm³/mol. The Labute approximate surface area is 208 Å². The lowest BCUT2D eigenvalue weighted by atomic mass is 9.65. The number of rotatable bonds is 2. The number of halogens is 1. The summed E-state index contributed by atoms with van der Waals surface area (Å²) >= 11 is 6.29. The van der Waals surface area contributed by atoms with Crippen LogP contribution < -0.4 is 4.90 Å². The molecule has 0 bridgehead atoms. The van der Waals surface area contributed by atoms with Crippen LogP contribution in [0.4, 0.5) is 5.69 Å². The van der Waals surface area contributed by atoms with E-state index in [2.05, 4.69) is 0 Å². The zero-order valence-corrected chi connectivity index (χ0v) is 20.4. The largest absolute Gasteiger partial charge is 0.469 e. The van der Waals surface area contributed by atoms with Crippen LogP contribution in [0, 0.1) is 10.8 Å². The van der Waals surface area contributed by atoms with Gasteiger partial charge in [-0.15, -0.1) is 0 Å². The van der Waals surface area contributed by atoms with Crippen molar-refractivity contribution >= 4 is 40.7 Å². The van der Waals surface area contributed by atoms with Gasteiger partial charge in [0, 0.05) is 27.3 Å². The van der Waals surface area contributed by atoms with Crippen LogP contribution in [0.1, 0.15) is 58.7 Å². The number of anilines is 1.